The molecule has 0 spiro atoms. The number of hydrogen-bond donors (Lipinski definition) is 4. The molecular weight excluding hydrogens is 280 g/mol. The zero-order valence-corrected chi connectivity index (χ0v) is 11.8. The minimum atomic E-state index is -1.26. The molecule has 1 fully saturated rings. The molecule has 1 heterocycles. The second-order valence-corrected chi connectivity index (χ2v) is 5.15. The Morgan fingerprint density at radius 3 is 2.48 bits per heavy atom. The van der Waals surface area contributed by atoms with Crippen molar-refractivity contribution in [2.75, 3.05) is 13.2 Å². The van der Waals surface area contributed by atoms with Crippen LogP contribution in [0.1, 0.15) is 38.5 Å². The molecule has 1 saturated heterocycles. The molecule has 0 aliphatic carbocycles. The van der Waals surface area contributed by atoms with E-state index >= 15 is 0 Å². The van der Waals surface area contributed by atoms with E-state index < -0.39 is 24.0 Å². The number of urea groups is 1. The monoisotopic (exact) mass is 302 g/mol. The number of carbonyl (C=O) groups excluding carboxylic acids is 1. The number of carbonyl (C=O) groups is 3. The summed E-state index contributed by atoms with van der Waals surface area (Å²) >= 11 is 0. The highest BCUT2D eigenvalue weighted by Crippen LogP contribution is 2.16. The highest BCUT2D eigenvalue weighted by molar-refractivity contribution is 5.83. The first kappa shape index (κ1) is 17.2. The minimum absolute atomic E-state index is 0.166. The van der Waals surface area contributed by atoms with Crippen LogP contribution in [-0.4, -0.2) is 63.4 Å². The largest absolute Gasteiger partial charge is 0.481 e. The van der Waals surface area contributed by atoms with Gasteiger partial charge in [-0.15, -0.1) is 0 Å². The van der Waals surface area contributed by atoms with E-state index in [9.17, 15) is 19.5 Å². The first-order valence-electron chi connectivity index (χ1n) is 7.08. The molecule has 0 aromatic heterocycles. The standard InChI is InChI=1S/C13H22N2O6/c16-8-9-4-2-1-3-7-15(9)13(21)14-10(12(19)20)5-6-11(17)18/h9-10,16H,1-8H2,(H,14,21)(H,17,18)(H,19,20). The average molecular weight is 302 g/mol. The third-order valence-corrected chi connectivity index (χ3v) is 3.59. The van der Waals surface area contributed by atoms with Crippen molar-refractivity contribution in [1.29, 1.82) is 0 Å². The van der Waals surface area contributed by atoms with Crippen LogP contribution in [0.2, 0.25) is 0 Å². The van der Waals surface area contributed by atoms with Crippen molar-refractivity contribution in [2.24, 2.45) is 0 Å². The molecule has 1 aliphatic rings. The van der Waals surface area contributed by atoms with Crippen molar-refractivity contribution in [3.8, 4) is 0 Å². The summed E-state index contributed by atoms with van der Waals surface area (Å²) in [7, 11) is 0. The van der Waals surface area contributed by atoms with Crippen molar-refractivity contribution >= 4 is 18.0 Å². The first-order chi connectivity index (χ1) is 9.95. The van der Waals surface area contributed by atoms with Crippen LogP contribution in [0.4, 0.5) is 4.79 Å². The number of rotatable bonds is 6. The molecule has 0 bridgehead atoms. The summed E-state index contributed by atoms with van der Waals surface area (Å²) in [5.74, 6) is -2.38. The number of nitrogens with zero attached hydrogens (tertiary/aromatic N) is 1. The fraction of sp³-hybridized carbons (Fsp3) is 0.769. The number of aliphatic hydroxyl groups excluding tert-OH is 1. The highest BCUT2D eigenvalue weighted by Gasteiger charge is 2.28. The molecule has 0 saturated carbocycles. The van der Waals surface area contributed by atoms with E-state index in [4.69, 9.17) is 10.2 Å². The summed E-state index contributed by atoms with van der Waals surface area (Å²) in [6, 6.07) is -2.12. The number of amides is 2. The summed E-state index contributed by atoms with van der Waals surface area (Å²) < 4.78 is 0. The molecule has 8 heteroatoms. The van der Waals surface area contributed by atoms with Gasteiger partial charge in [0.05, 0.1) is 12.6 Å². The highest BCUT2D eigenvalue weighted by atomic mass is 16.4. The molecule has 0 aromatic rings. The van der Waals surface area contributed by atoms with Gasteiger partial charge in [-0.25, -0.2) is 9.59 Å². The Morgan fingerprint density at radius 1 is 1.19 bits per heavy atom. The SMILES string of the molecule is O=C(O)CCC(NC(=O)N1CCCCCC1CO)C(=O)O. The maximum absolute atomic E-state index is 12.2. The second kappa shape index (κ2) is 8.46. The maximum Gasteiger partial charge on any atom is 0.326 e. The van der Waals surface area contributed by atoms with Crippen LogP contribution in [0.25, 0.3) is 0 Å². The molecule has 2 amide bonds. The van der Waals surface area contributed by atoms with E-state index in [0.29, 0.717) is 13.0 Å². The Kier molecular flexibility index (Phi) is 6.93. The van der Waals surface area contributed by atoms with E-state index in [2.05, 4.69) is 5.32 Å². The molecule has 2 unspecified atom stereocenters. The van der Waals surface area contributed by atoms with Gasteiger partial charge in [-0.3, -0.25) is 4.79 Å². The lowest BCUT2D eigenvalue weighted by Gasteiger charge is -2.30. The molecule has 21 heavy (non-hydrogen) atoms. The van der Waals surface area contributed by atoms with E-state index in [1.807, 2.05) is 0 Å². The fourth-order valence-corrected chi connectivity index (χ4v) is 2.39. The predicted molar refractivity (Wildman–Crippen MR) is 72.9 cm³/mol. The lowest BCUT2D eigenvalue weighted by atomic mass is 10.1. The topological polar surface area (TPSA) is 127 Å². The Balaban J connectivity index is 2.65. The van der Waals surface area contributed by atoms with E-state index in [-0.39, 0.29) is 25.5 Å². The van der Waals surface area contributed by atoms with E-state index in [1.54, 1.807) is 0 Å². The van der Waals surface area contributed by atoms with Crippen molar-refractivity contribution < 1.29 is 29.7 Å². The van der Waals surface area contributed by atoms with Crippen LogP contribution in [0.3, 0.4) is 0 Å². The molecule has 0 radical (unpaired) electrons. The van der Waals surface area contributed by atoms with Crippen LogP contribution in [0, 0.1) is 0 Å². The molecule has 1 aliphatic heterocycles. The molecule has 8 nitrogen and oxygen atoms in total. The predicted octanol–water partition coefficient (Wildman–Crippen LogP) is 0.251. The van der Waals surface area contributed by atoms with Gasteiger partial charge >= 0.3 is 18.0 Å². The Morgan fingerprint density at radius 2 is 1.90 bits per heavy atom. The number of nitrogens with one attached hydrogen (secondary N) is 1. The molecule has 0 aromatic carbocycles. The summed E-state index contributed by atoms with van der Waals surface area (Å²) in [5, 5.41) is 29.3. The third-order valence-electron chi connectivity index (χ3n) is 3.59. The molecule has 4 N–H and O–H groups in total. The first-order valence-corrected chi connectivity index (χ1v) is 7.08. The van der Waals surface area contributed by atoms with E-state index in [0.717, 1.165) is 19.3 Å². The third kappa shape index (κ3) is 5.58. The number of carboxylic acids is 2. The van der Waals surface area contributed by atoms with Crippen molar-refractivity contribution in [2.45, 2.75) is 50.6 Å². The molecular formula is C13H22N2O6. The van der Waals surface area contributed by atoms with Gasteiger partial charge in [-0.1, -0.05) is 12.8 Å². The number of aliphatic hydroxyl groups is 1. The van der Waals surface area contributed by atoms with Crippen LogP contribution < -0.4 is 5.32 Å². The zero-order valence-electron chi connectivity index (χ0n) is 11.8. The summed E-state index contributed by atoms with van der Waals surface area (Å²) in [5.41, 5.74) is 0. The number of carboxylic acid groups (broad SMARTS) is 2. The zero-order chi connectivity index (χ0) is 15.8. The summed E-state index contributed by atoms with van der Waals surface area (Å²) in [6.07, 6.45) is 2.85. The van der Waals surface area contributed by atoms with Gasteiger partial charge in [0.1, 0.15) is 6.04 Å². The number of hydrogen-bond acceptors (Lipinski definition) is 4. The summed E-state index contributed by atoms with van der Waals surface area (Å²) in [4.78, 5) is 35.2. The summed E-state index contributed by atoms with van der Waals surface area (Å²) in [6.45, 7) is 0.294. The molecule has 2 atom stereocenters. The second-order valence-electron chi connectivity index (χ2n) is 5.15. The Labute approximate surface area is 122 Å². The average Bonchev–Trinajstić information content (AvgIpc) is 2.67. The Hall–Kier alpha value is -1.83. The van der Waals surface area contributed by atoms with Crippen LogP contribution in [0.15, 0.2) is 0 Å². The van der Waals surface area contributed by atoms with Crippen LogP contribution >= 0.6 is 0 Å². The van der Waals surface area contributed by atoms with Gasteiger partial charge in [0, 0.05) is 13.0 Å². The minimum Gasteiger partial charge on any atom is -0.481 e. The Bertz CT molecular complexity index is 387. The van der Waals surface area contributed by atoms with Crippen LogP contribution in [0.5, 0.6) is 0 Å². The van der Waals surface area contributed by atoms with Gasteiger partial charge in [-0.05, 0) is 19.3 Å². The van der Waals surface area contributed by atoms with Crippen molar-refractivity contribution in [1.82, 2.24) is 10.2 Å². The maximum atomic E-state index is 12.2. The smallest absolute Gasteiger partial charge is 0.326 e. The number of aliphatic carboxylic acids is 2. The lowest BCUT2D eigenvalue weighted by molar-refractivity contribution is -0.140. The van der Waals surface area contributed by atoms with Gasteiger partial charge in [0.15, 0.2) is 0 Å². The van der Waals surface area contributed by atoms with Gasteiger partial charge in [0.2, 0.25) is 0 Å². The lowest BCUT2D eigenvalue weighted by Crippen LogP contribution is -2.52. The fourth-order valence-electron chi connectivity index (χ4n) is 2.39. The number of likely N-dealkylation sites (tertiary alicyclic amines) is 1. The van der Waals surface area contributed by atoms with Gasteiger partial charge < -0.3 is 25.5 Å². The van der Waals surface area contributed by atoms with Crippen molar-refractivity contribution in [3.05, 3.63) is 0 Å². The van der Waals surface area contributed by atoms with Crippen molar-refractivity contribution in [3.63, 3.8) is 0 Å². The molecule has 120 valence electrons. The quantitative estimate of drug-likeness (QED) is 0.557. The normalized spacial score (nSPS) is 20.4. The van der Waals surface area contributed by atoms with E-state index in [1.165, 1.54) is 4.90 Å². The van der Waals surface area contributed by atoms with Crippen LogP contribution in [-0.2, 0) is 9.59 Å². The molecule has 1 rings (SSSR count). The van der Waals surface area contributed by atoms with Gasteiger partial charge in [0.25, 0.3) is 0 Å². The van der Waals surface area contributed by atoms with Gasteiger partial charge in [-0.2, -0.15) is 0 Å².